The summed E-state index contributed by atoms with van der Waals surface area (Å²) in [4.78, 5) is 14.9. The quantitative estimate of drug-likeness (QED) is 0.850. The van der Waals surface area contributed by atoms with Gasteiger partial charge >= 0.3 is 0 Å². The zero-order chi connectivity index (χ0) is 11.1. The van der Waals surface area contributed by atoms with E-state index in [9.17, 15) is 4.79 Å². The molecule has 1 atom stereocenters. The topological polar surface area (TPSA) is 46.3 Å². The molecule has 1 aliphatic carbocycles. The van der Waals surface area contributed by atoms with Crippen molar-refractivity contribution in [3.05, 3.63) is 22.4 Å². The fraction of sp³-hybridized carbons (Fsp3) is 0.545. The third-order valence-electron chi connectivity index (χ3n) is 3.07. The van der Waals surface area contributed by atoms with Gasteiger partial charge in [0.2, 0.25) is 5.91 Å². The molecule has 82 valence electrons. The largest absolute Gasteiger partial charge is 0.337 e. The van der Waals surface area contributed by atoms with Gasteiger partial charge in [-0.2, -0.15) is 0 Å². The summed E-state index contributed by atoms with van der Waals surface area (Å²) < 4.78 is 0. The normalized spacial score (nSPS) is 19.7. The van der Waals surface area contributed by atoms with Crippen molar-refractivity contribution in [3.63, 3.8) is 0 Å². The number of carbonyl (C=O) groups is 1. The molecule has 3 nitrogen and oxygen atoms in total. The zero-order valence-electron chi connectivity index (χ0n) is 9.06. The maximum absolute atomic E-state index is 12.0. The number of likely N-dealkylation sites (N-methyl/N-ethyl adjacent to an activating group) is 1. The van der Waals surface area contributed by atoms with E-state index < -0.39 is 5.54 Å². The second-order valence-electron chi connectivity index (χ2n) is 4.26. The van der Waals surface area contributed by atoms with Gasteiger partial charge in [0, 0.05) is 11.9 Å². The molecule has 2 rings (SSSR count). The smallest absolute Gasteiger partial charge is 0.242 e. The molecule has 4 heteroatoms. The lowest BCUT2D eigenvalue weighted by atomic mass is 10.2. The fourth-order valence-corrected chi connectivity index (χ4v) is 2.42. The third kappa shape index (κ3) is 1.92. The van der Waals surface area contributed by atoms with Crippen molar-refractivity contribution in [2.45, 2.75) is 31.3 Å². The first-order valence-electron chi connectivity index (χ1n) is 5.14. The van der Waals surface area contributed by atoms with Gasteiger partial charge in [-0.15, -0.1) is 11.3 Å². The van der Waals surface area contributed by atoms with Gasteiger partial charge in [-0.05, 0) is 31.2 Å². The number of thiophene rings is 1. The molecular formula is C11H16N2OS. The first-order chi connectivity index (χ1) is 7.04. The highest BCUT2D eigenvalue weighted by molar-refractivity contribution is 7.10. The average Bonchev–Trinajstić information content (AvgIpc) is 2.80. The summed E-state index contributed by atoms with van der Waals surface area (Å²) >= 11 is 1.67. The van der Waals surface area contributed by atoms with E-state index in [4.69, 9.17) is 5.73 Å². The second kappa shape index (κ2) is 3.61. The maximum atomic E-state index is 12.0. The van der Waals surface area contributed by atoms with E-state index in [1.165, 1.54) is 4.88 Å². The van der Waals surface area contributed by atoms with Gasteiger partial charge in [-0.25, -0.2) is 0 Å². The summed E-state index contributed by atoms with van der Waals surface area (Å²) in [5.74, 6) is 0.0726. The minimum atomic E-state index is -0.555. The summed E-state index contributed by atoms with van der Waals surface area (Å²) in [5, 5.41) is 2.03. The van der Waals surface area contributed by atoms with E-state index in [1.54, 1.807) is 16.2 Å². The van der Waals surface area contributed by atoms with Gasteiger partial charge in [0.1, 0.15) is 0 Å². The van der Waals surface area contributed by atoms with Crippen molar-refractivity contribution in [2.75, 3.05) is 7.05 Å². The van der Waals surface area contributed by atoms with Gasteiger partial charge in [0.15, 0.2) is 0 Å². The highest BCUT2D eigenvalue weighted by atomic mass is 32.1. The second-order valence-corrected chi connectivity index (χ2v) is 5.24. The van der Waals surface area contributed by atoms with Gasteiger partial charge in [-0.1, -0.05) is 6.07 Å². The van der Waals surface area contributed by atoms with Crippen LogP contribution < -0.4 is 5.73 Å². The summed E-state index contributed by atoms with van der Waals surface area (Å²) in [6.45, 7) is 2.04. The Labute approximate surface area is 93.9 Å². The molecule has 0 saturated heterocycles. The lowest BCUT2D eigenvalue weighted by Gasteiger charge is -2.26. The first-order valence-corrected chi connectivity index (χ1v) is 6.02. The van der Waals surface area contributed by atoms with Crippen molar-refractivity contribution < 1.29 is 4.79 Å². The van der Waals surface area contributed by atoms with Crippen LogP contribution in [0.3, 0.4) is 0 Å². The third-order valence-corrected chi connectivity index (χ3v) is 4.11. The molecule has 1 heterocycles. The van der Waals surface area contributed by atoms with Crippen LogP contribution in [0.25, 0.3) is 0 Å². The van der Waals surface area contributed by atoms with E-state index >= 15 is 0 Å². The molecule has 1 aromatic rings. The van der Waals surface area contributed by atoms with Crippen LogP contribution in [0.4, 0.5) is 0 Å². The summed E-state index contributed by atoms with van der Waals surface area (Å²) in [6.07, 6.45) is 1.65. The summed E-state index contributed by atoms with van der Waals surface area (Å²) in [5.41, 5.74) is 5.34. The minimum Gasteiger partial charge on any atom is -0.337 e. The molecule has 2 N–H and O–H groups in total. The Hall–Kier alpha value is -0.870. The van der Waals surface area contributed by atoms with Gasteiger partial charge < -0.3 is 10.6 Å². The summed E-state index contributed by atoms with van der Waals surface area (Å²) in [7, 11) is 1.83. The van der Waals surface area contributed by atoms with Gasteiger partial charge in [0.25, 0.3) is 0 Å². The molecule has 0 aromatic carbocycles. The van der Waals surface area contributed by atoms with Gasteiger partial charge in [0.05, 0.1) is 11.6 Å². The standard InChI is InChI=1S/C11H16N2OS/c1-8(9-4-3-7-15-9)13(2)10(14)11(12)5-6-11/h3-4,7-8H,5-6,12H2,1-2H3. The molecule has 1 amide bonds. The molecule has 1 aromatic heterocycles. The number of amides is 1. The zero-order valence-corrected chi connectivity index (χ0v) is 9.88. The van der Waals surface area contributed by atoms with Crippen molar-refractivity contribution in [1.82, 2.24) is 4.90 Å². The van der Waals surface area contributed by atoms with Crippen LogP contribution in [0.5, 0.6) is 0 Å². The molecular weight excluding hydrogens is 208 g/mol. The number of nitrogens with two attached hydrogens (primary N) is 1. The van der Waals surface area contributed by atoms with Crippen LogP contribution in [0.2, 0.25) is 0 Å². The highest BCUT2D eigenvalue weighted by Crippen LogP contribution is 2.36. The van der Waals surface area contributed by atoms with E-state index in [-0.39, 0.29) is 11.9 Å². The molecule has 0 bridgehead atoms. The fourth-order valence-electron chi connectivity index (χ4n) is 1.60. The van der Waals surface area contributed by atoms with E-state index in [0.717, 1.165) is 12.8 Å². The Morgan fingerprint density at radius 2 is 2.33 bits per heavy atom. The molecule has 1 aliphatic rings. The van der Waals surface area contributed by atoms with Crippen LogP contribution in [0, 0.1) is 0 Å². The maximum Gasteiger partial charge on any atom is 0.242 e. The number of rotatable bonds is 3. The van der Waals surface area contributed by atoms with Crippen molar-refractivity contribution >= 4 is 17.2 Å². The first kappa shape index (κ1) is 10.6. The molecule has 0 radical (unpaired) electrons. The number of nitrogens with zero attached hydrogens (tertiary/aromatic N) is 1. The Kier molecular flexibility index (Phi) is 2.56. The average molecular weight is 224 g/mol. The molecule has 15 heavy (non-hydrogen) atoms. The molecule has 1 fully saturated rings. The minimum absolute atomic E-state index is 0.0726. The Morgan fingerprint density at radius 1 is 1.67 bits per heavy atom. The lowest BCUT2D eigenvalue weighted by molar-refractivity contribution is -0.134. The Balaban J connectivity index is 2.08. The van der Waals surface area contributed by atoms with E-state index in [1.807, 2.05) is 25.4 Å². The van der Waals surface area contributed by atoms with E-state index in [2.05, 4.69) is 6.07 Å². The monoisotopic (exact) mass is 224 g/mol. The van der Waals surface area contributed by atoms with E-state index in [0.29, 0.717) is 0 Å². The predicted molar refractivity (Wildman–Crippen MR) is 61.7 cm³/mol. The van der Waals surface area contributed by atoms with Crippen LogP contribution in [-0.2, 0) is 4.79 Å². The summed E-state index contributed by atoms with van der Waals surface area (Å²) in [6, 6.07) is 4.18. The number of carbonyl (C=O) groups excluding carboxylic acids is 1. The van der Waals surface area contributed by atoms with Gasteiger partial charge in [-0.3, -0.25) is 4.79 Å². The molecule has 0 spiro atoms. The van der Waals surface area contributed by atoms with Crippen LogP contribution in [0.15, 0.2) is 17.5 Å². The Morgan fingerprint density at radius 3 is 2.80 bits per heavy atom. The Bertz CT molecular complexity index is 357. The lowest BCUT2D eigenvalue weighted by Crippen LogP contribution is -2.44. The number of hydrogen-bond donors (Lipinski definition) is 1. The highest BCUT2D eigenvalue weighted by Gasteiger charge is 2.48. The van der Waals surface area contributed by atoms with Crippen LogP contribution in [0.1, 0.15) is 30.7 Å². The molecule has 1 saturated carbocycles. The van der Waals surface area contributed by atoms with Crippen LogP contribution >= 0.6 is 11.3 Å². The predicted octanol–water partition coefficient (Wildman–Crippen LogP) is 1.76. The number of hydrogen-bond acceptors (Lipinski definition) is 3. The molecule has 0 aliphatic heterocycles. The van der Waals surface area contributed by atoms with Crippen molar-refractivity contribution in [3.8, 4) is 0 Å². The van der Waals surface area contributed by atoms with Crippen molar-refractivity contribution in [1.29, 1.82) is 0 Å². The van der Waals surface area contributed by atoms with Crippen LogP contribution in [-0.4, -0.2) is 23.4 Å². The SMILES string of the molecule is CC(c1cccs1)N(C)C(=O)C1(N)CC1. The molecule has 1 unspecified atom stereocenters. The van der Waals surface area contributed by atoms with Crippen molar-refractivity contribution in [2.24, 2.45) is 5.73 Å².